The monoisotopic (exact) mass is 985 g/mol. The summed E-state index contributed by atoms with van der Waals surface area (Å²) in [5, 5.41) is 109. The molecule has 13 N–H and O–H groups in total. The summed E-state index contributed by atoms with van der Waals surface area (Å²) < 4.78 is 23.4. The van der Waals surface area contributed by atoms with Crippen molar-refractivity contribution in [3.8, 4) is 0 Å². The number of aliphatic hydroxyl groups is 10. The van der Waals surface area contributed by atoms with Crippen LogP contribution in [0.2, 0.25) is 0 Å². The summed E-state index contributed by atoms with van der Waals surface area (Å²) in [4.78, 5) is 26.3. The number of amides is 1. The number of esters is 1. The molecular formula is C49H80N2O16S. The molecule has 68 heavy (non-hydrogen) atoms. The summed E-state index contributed by atoms with van der Waals surface area (Å²) in [6, 6.07) is -1.09. The van der Waals surface area contributed by atoms with Crippen molar-refractivity contribution in [2.24, 2.45) is 17.6 Å². The minimum Gasteiger partial charge on any atom is -0.462 e. The van der Waals surface area contributed by atoms with Gasteiger partial charge in [-0.15, -0.1) is 0 Å². The first kappa shape index (κ1) is 61.0. The molecule has 0 radical (unpaired) electrons. The Morgan fingerprint density at radius 3 is 1.99 bits per heavy atom. The lowest BCUT2D eigenvalue weighted by Crippen LogP contribution is -2.58. The SMILES string of the molecule is CSCCNC(=O)C([C@@H]1CC(O[C@@H]2OC[C@@H](O)[C@H](N)[C@@H]2O)/C=C/C=C/C=C/C=C/C=C/C=C/C=C/[C@H](C)[C@@H](O)C[C@H](C)OC(=O)CC(O)CC(O)CCC(O)C(O)CC(O)CCO1)[C@@H](O)CCO. The number of hydrogen-bond acceptors (Lipinski definition) is 18. The van der Waals surface area contributed by atoms with Gasteiger partial charge in [-0.25, -0.2) is 0 Å². The van der Waals surface area contributed by atoms with E-state index < -0.39 is 116 Å². The summed E-state index contributed by atoms with van der Waals surface area (Å²) in [6.45, 7) is 2.87. The number of nitrogens with one attached hydrogen (secondary N) is 1. The molecule has 1 saturated heterocycles. The number of nitrogens with two attached hydrogens (primary N) is 1. The number of cyclic esters (lactones) is 1. The molecule has 0 spiro atoms. The normalized spacial score (nSPS) is 37.5. The van der Waals surface area contributed by atoms with Crippen LogP contribution in [0.5, 0.6) is 0 Å². The molecule has 2 aliphatic rings. The molecule has 0 aromatic carbocycles. The number of allylic oxidation sites excluding steroid dienone is 12. The Hall–Kier alpha value is -3.09. The zero-order valence-electron chi connectivity index (χ0n) is 39.6. The summed E-state index contributed by atoms with van der Waals surface area (Å²) in [6.07, 6.45) is 10.2. The summed E-state index contributed by atoms with van der Waals surface area (Å²) in [5.41, 5.74) is 6.02. The van der Waals surface area contributed by atoms with Crippen molar-refractivity contribution in [1.29, 1.82) is 0 Å². The first-order valence-electron chi connectivity index (χ1n) is 23.5. The maximum Gasteiger partial charge on any atom is 0.308 e. The summed E-state index contributed by atoms with van der Waals surface area (Å²) in [7, 11) is 0. The third-order valence-electron chi connectivity index (χ3n) is 11.4. The van der Waals surface area contributed by atoms with Gasteiger partial charge in [0.25, 0.3) is 0 Å². The molecule has 19 heteroatoms. The number of thioether (sulfide) groups is 1. The van der Waals surface area contributed by atoms with E-state index in [0.29, 0.717) is 5.75 Å². The van der Waals surface area contributed by atoms with Crippen molar-refractivity contribution in [3.63, 3.8) is 0 Å². The fourth-order valence-corrected chi connectivity index (χ4v) is 7.68. The molecule has 1 amide bonds. The molecule has 0 bridgehead atoms. The van der Waals surface area contributed by atoms with Crippen molar-refractivity contribution < 1.29 is 79.6 Å². The molecular weight excluding hydrogens is 905 g/mol. The zero-order chi connectivity index (χ0) is 50.4. The Labute approximate surface area is 405 Å². The van der Waals surface area contributed by atoms with Crippen LogP contribution in [0.4, 0.5) is 0 Å². The van der Waals surface area contributed by atoms with Gasteiger partial charge in [0.1, 0.15) is 12.2 Å². The Morgan fingerprint density at radius 2 is 1.37 bits per heavy atom. The molecule has 16 atom stereocenters. The topological polar surface area (TPSA) is 311 Å². The first-order valence-corrected chi connectivity index (χ1v) is 24.9. The predicted molar refractivity (Wildman–Crippen MR) is 259 cm³/mol. The average molecular weight is 985 g/mol. The molecule has 7 unspecified atom stereocenters. The Balaban J connectivity index is 2.43. The van der Waals surface area contributed by atoms with E-state index in [9.17, 15) is 60.7 Å². The van der Waals surface area contributed by atoms with E-state index in [2.05, 4.69) is 5.32 Å². The first-order chi connectivity index (χ1) is 32.5. The average Bonchev–Trinajstić information content (AvgIpc) is 3.27. The van der Waals surface area contributed by atoms with Crippen LogP contribution in [-0.4, -0.2) is 187 Å². The predicted octanol–water partition coefficient (Wildman–Crippen LogP) is 0.762. The molecule has 18 nitrogen and oxygen atoms in total. The van der Waals surface area contributed by atoms with Crippen LogP contribution in [0.15, 0.2) is 85.1 Å². The molecule has 0 aliphatic carbocycles. The van der Waals surface area contributed by atoms with E-state index in [4.69, 9.17) is 24.7 Å². The fraction of sp³-hybridized carbons (Fsp3) is 0.673. The van der Waals surface area contributed by atoms with E-state index >= 15 is 0 Å². The van der Waals surface area contributed by atoms with E-state index in [-0.39, 0.29) is 77.0 Å². The largest absolute Gasteiger partial charge is 0.462 e. The Bertz CT molecular complexity index is 1610. The van der Waals surface area contributed by atoms with Gasteiger partial charge in [0.2, 0.25) is 5.91 Å². The van der Waals surface area contributed by atoms with Gasteiger partial charge < -0.3 is 81.1 Å². The van der Waals surface area contributed by atoms with Crippen LogP contribution in [0.1, 0.15) is 71.6 Å². The quantitative estimate of drug-likeness (QED) is 0.106. The highest BCUT2D eigenvalue weighted by molar-refractivity contribution is 7.98. The van der Waals surface area contributed by atoms with Crippen molar-refractivity contribution in [1.82, 2.24) is 5.32 Å². The highest BCUT2D eigenvalue weighted by atomic mass is 32.2. The van der Waals surface area contributed by atoms with Crippen molar-refractivity contribution >= 4 is 23.6 Å². The molecule has 388 valence electrons. The molecule has 0 aromatic heterocycles. The van der Waals surface area contributed by atoms with Crippen molar-refractivity contribution in [2.45, 2.75) is 157 Å². The van der Waals surface area contributed by atoms with Gasteiger partial charge in [-0.05, 0) is 45.3 Å². The minimum atomic E-state index is -1.44. The van der Waals surface area contributed by atoms with Crippen LogP contribution in [0.25, 0.3) is 0 Å². The number of rotatable bonds is 10. The van der Waals surface area contributed by atoms with Crippen LogP contribution >= 0.6 is 11.8 Å². The number of hydrogen-bond donors (Lipinski definition) is 12. The third kappa shape index (κ3) is 25.2. The lowest BCUT2D eigenvalue weighted by atomic mass is 9.89. The highest BCUT2D eigenvalue weighted by Crippen LogP contribution is 2.26. The summed E-state index contributed by atoms with van der Waals surface area (Å²) >= 11 is 1.50. The fourth-order valence-electron chi connectivity index (χ4n) is 7.37. The number of aliphatic hydroxyl groups excluding tert-OH is 10. The van der Waals surface area contributed by atoms with Gasteiger partial charge in [0, 0.05) is 50.7 Å². The van der Waals surface area contributed by atoms with Crippen LogP contribution in [-0.2, 0) is 28.5 Å². The lowest BCUT2D eigenvalue weighted by Gasteiger charge is -2.38. The van der Waals surface area contributed by atoms with Gasteiger partial charge in [-0.2, -0.15) is 11.8 Å². The number of carbonyl (C=O) groups excluding carboxylic acids is 2. The molecule has 2 rings (SSSR count). The minimum absolute atomic E-state index is 0.0437. The molecule has 1 fully saturated rings. The maximum absolute atomic E-state index is 13.8. The standard InChI is InChI=1S/C49H80N2O16S/c1-32-16-14-12-10-8-6-4-5-7-9-11-13-15-17-37(67-49-47(62)46(50)42(60)31-65-49)30-43(45(39(57)20-23-52)48(63)51-22-25-68-3)64-24-21-35(54)28-41(59)38(56)19-18-34(53)27-36(55)29-44(61)66-33(2)26-40(32)58/h4-17,32-43,45-47,49,52-60,62H,18-31,50H2,1-3H3,(H,51,63)/b5-4+,8-6+,9-7+,12-10+,13-11+,16-14+,17-15+/t32-,33-,34?,35?,36?,37?,38?,39-,40-,41?,42+,43-,45?,46-,47-,49-/m0/s1. The van der Waals surface area contributed by atoms with Crippen molar-refractivity contribution in [3.05, 3.63) is 85.1 Å². The second-order valence-electron chi connectivity index (χ2n) is 17.3. The second-order valence-corrected chi connectivity index (χ2v) is 18.3. The van der Waals surface area contributed by atoms with Gasteiger partial charge in [-0.1, -0.05) is 92.0 Å². The van der Waals surface area contributed by atoms with Gasteiger partial charge in [0.05, 0.1) is 86.0 Å². The van der Waals surface area contributed by atoms with Crippen LogP contribution in [0.3, 0.4) is 0 Å². The van der Waals surface area contributed by atoms with E-state index in [1.807, 2.05) is 55.7 Å². The molecule has 2 heterocycles. The Morgan fingerprint density at radius 1 is 0.765 bits per heavy atom. The molecule has 0 saturated carbocycles. The van der Waals surface area contributed by atoms with Crippen LogP contribution in [0, 0.1) is 11.8 Å². The Kier molecular flexibility index (Phi) is 31.5. The molecule has 0 aromatic rings. The van der Waals surface area contributed by atoms with Gasteiger partial charge >= 0.3 is 5.97 Å². The lowest BCUT2D eigenvalue weighted by molar-refractivity contribution is -0.255. The van der Waals surface area contributed by atoms with Crippen molar-refractivity contribution in [2.75, 3.05) is 38.4 Å². The number of ether oxygens (including phenoxy) is 4. The number of carbonyl (C=O) groups is 2. The summed E-state index contributed by atoms with van der Waals surface area (Å²) in [5.74, 6) is -2.21. The van der Waals surface area contributed by atoms with Gasteiger partial charge in [-0.3, -0.25) is 9.59 Å². The van der Waals surface area contributed by atoms with E-state index in [1.54, 1.807) is 49.5 Å². The smallest absolute Gasteiger partial charge is 0.308 e. The maximum atomic E-state index is 13.8. The van der Waals surface area contributed by atoms with E-state index in [1.165, 1.54) is 11.8 Å². The second kappa shape index (κ2) is 35.1. The van der Waals surface area contributed by atoms with Gasteiger partial charge in [0.15, 0.2) is 6.29 Å². The highest BCUT2D eigenvalue weighted by Gasteiger charge is 2.41. The third-order valence-corrected chi connectivity index (χ3v) is 12.0. The zero-order valence-corrected chi connectivity index (χ0v) is 40.4. The van der Waals surface area contributed by atoms with Crippen LogP contribution < -0.4 is 11.1 Å². The van der Waals surface area contributed by atoms with E-state index in [0.717, 1.165) is 0 Å². The molecule has 2 aliphatic heterocycles.